The number of ether oxygens (including phenoxy) is 3. The summed E-state index contributed by atoms with van der Waals surface area (Å²) in [6.45, 7) is 5.84. The third kappa shape index (κ3) is 8.67. The third-order valence-electron chi connectivity index (χ3n) is 5.04. The molecule has 35 heavy (non-hydrogen) atoms. The molecule has 0 aliphatic rings. The summed E-state index contributed by atoms with van der Waals surface area (Å²) in [5, 5.41) is 22.2. The summed E-state index contributed by atoms with van der Waals surface area (Å²) >= 11 is 0. The number of carbonyl (C=O) groups is 2. The molecule has 3 N–H and O–H groups in total. The summed E-state index contributed by atoms with van der Waals surface area (Å²) < 4.78 is 21.8. The van der Waals surface area contributed by atoms with E-state index in [0.29, 0.717) is 18.1 Å². The highest BCUT2D eigenvalue weighted by atomic mass is 16.5. The second-order valence-electron chi connectivity index (χ2n) is 7.46. The Morgan fingerprint density at radius 3 is 2.14 bits per heavy atom. The van der Waals surface area contributed by atoms with E-state index in [4.69, 9.17) is 38.5 Å². The van der Waals surface area contributed by atoms with Crippen LogP contribution in [0.5, 0.6) is 17.2 Å². The molecule has 0 bridgehead atoms. The minimum Gasteiger partial charge on any atom is -0.497 e. The first-order valence-corrected chi connectivity index (χ1v) is 10.8. The van der Waals surface area contributed by atoms with Gasteiger partial charge in [-0.2, -0.15) is 0 Å². The lowest BCUT2D eigenvalue weighted by Gasteiger charge is -2.13. The average molecular weight is 487 g/mol. The Kier molecular flexibility index (Phi) is 10.6. The van der Waals surface area contributed by atoms with E-state index in [-0.39, 0.29) is 0 Å². The maximum atomic E-state index is 9.10. The molecule has 0 atom stereocenters. The number of nitrogens with one attached hydrogen (secondary N) is 1. The first kappa shape index (κ1) is 27.2. The van der Waals surface area contributed by atoms with Crippen LogP contribution in [0.3, 0.4) is 0 Å². The van der Waals surface area contributed by atoms with Crippen molar-refractivity contribution in [3.05, 3.63) is 70.6 Å². The molecule has 0 radical (unpaired) electrons. The zero-order chi connectivity index (χ0) is 25.8. The molecule has 1 heterocycles. The number of hydrogen-bond donors (Lipinski definition) is 3. The maximum Gasteiger partial charge on any atom is 0.414 e. The molecular weight excluding hydrogens is 456 g/mol. The van der Waals surface area contributed by atoms with Gasteiger partial charge in [0.15, 0.2) is 11.5 Å². The molecule has 0 aliphatic heterocycles. The van der Waals surface area contributed by atoms with Gasteiger partial charge in [-0.15, -0.1) is 0 Å². The Balaban J connectivity index is 0.000000641. The van der Waals surface area contributed by atoms with Gasteiger partial charge in [0.1, 0.15) is 18.1 Å². The molecule has 10 nitrogen and oxygen atoms in total. The standard InChI is InChI=1S/C23H28N2O4.C2H2O4/c1-16-21(17(2)29-25-16)15-28-22-10-7-19(13-23(22)27-4)14-24-12-11-18-5-8-20(26-3)9-6-18;3-1(4)2(5)6/h5-10,13,24H,11-12,14-15H2,1-4H3;(H,3,4)(H,5,6). The summed E-state index contributed by atoms with van der Waals surface area (Å²) in [6.07, 6.45) is 0.958. The summed E-state index contributed by atoms with van der Waals surface area (Å²) in [7, 11) is 3.33. The van der Waals surface area contributed by atoms with E-state index in [2.05, 4.69) is 22.6 Å². The maximum absolute atomic E-state index is 9.10. The number of hydrogen-bond acceptors (Lipinski definition) is 8. The first-order valence-electron chi connectivity index (χ1n) is 10.8. The lowest BCUT2D eigenvalue weighted by molar-refractivity contribution is -0.159. The van der Waals surface area contributed by atoms with Crippen molar-refractivity contribution < 1.29 is 38.5 Å². The number of aromatic nitrogens is 1. The molecule has 3 rings (SSSR count). The van der Waals surface area contributed by atoms with Crippen molar-refractivity contribution in [2.45, 2.75) is 33.4 Å². The predicted molar refractivity (Wildman–Crippen MR) is 127 cm³/mol. The van der Waals surface area contributed by atoms with Crippen LogP contribution in [0.2, 0.25) is 0 Å². The van der Waals surface area contributed by atoms with Gasteiger partial charge < -0.3 is 34.3 Å². The number of carboxylic acids is 2. The fourth-order valence-electron chi connectivity index (χ4n) is 3.06. The van der Waals surface area contributed by atoms with Crippen molar-refractivity contribution >= 4 is 11.9 Å². The van der Waals surface area contributed by atoms with Gasteiger partial charge in [0.2, 0.25) is 0 Å². The summed E-state index contributed by atoms with van der Waals surface area (Å²) in [5.41, 5.74) is 4.23. The molecule has 3 aromatic rings. The van der Waals surface area contributed by atoms with E-state index < -0.39 is 11.9 Å². The van der Waals surface area contributed by atoms with E-state index >= 15 is 0 Å². The van der Waals surface area contributed by atoms with Crippen LogP contribution in [0.1, 0.15) is 28.1 Å². The molecule has 0 unspecified atom stereocenters. The minimum atomic E-state index is -1.82. The lowest BCUT2D eigenvalue weighted by atomic mass is 10.1. The summed E-state index contributed by atoms with van der Waals surface area (Å²) in [5.74, 6) is -0.574. The molecule has 0 saturated heterocycles. The van der Waals surface area contributed by atoms with Gasteiger partial charge in [-0.1, -0.05) is 23.4 Å². The van der Waals surface area contributed by atoms with Crippen LogP contribution in [0.25, 0.3) is 0 Å². The van der Waals surface area contributed by atoms with Crippen molar-refractivity contribution in [2.24, 2.45) is 0 Å². The van der Waals surface area contributed by atoms with Gasteiger partial charge in [-0.3, -0.25) is 0 Å². The molecule has 0 saturated carbocycles. The summed E-state index contributed by atoms with van der Waals surface area (Å²) in [6, 6.07) is 14.2. The molecule has 0 spiro atoms. The topological polar surface area (TPSA) is 140 Å². The van der Waals surface area contributed by atoms with Crippen LogP contribution in [0, 0.1) is 13.8 Å². The van der Waals surface area contributed by atoms with Crippen LogP contribution >= 0.6 is 0 Å². The Morgan fingerprint density at radius 1 is 0.943 bits per heavy atom. The van der Waals surface area contributed by atoms with Crippen LogP contribution in [0.15, 0.2) is 47.0 Å². The molecule has 0 aliphatic carbocycles. The van der Waals surface area contributed by atoms with Gasteiger partial charge in [-0.05, 0) is 62.2 Å². The normalized spacial score (nSPS) is 10.2. The van der Waals surface area contributed by atoms with Crippen molar-refractivity contribution in [2.75, 3.05) is 20.8 Å². The first-order chi connectivity index (χ1) is 16.7. The fourth-order valence-corrected chi connectivity index (χ4v) is 3.06. The highest BCUT2D eigenvalue weighted by Crippen LogP contribution is 2.29. The van der Waals surface area contributed by atoms with Crippen molar-refractivity contribution in [1.82, 2.24) is 10.5 Å². The largest absolute Gasteiger partial charge is 0.497 e. The van der Waals surface area contributed by atoms with E-state index in [1.54, 1.807) is 14.2 Å². The minimum absolute atomic E-state index is 0.400. The predicted octanol–water partition coefficient (Wildman–Crippen LogP) is 3.38. The number of rotatable bonds is 10. The molecule has 2 aromatic carbocycles. The second-order valence-corrected chi connectivity index (χ2v) is 7.46. The number of methoxy groups -OCH3 is 2. The smallest absolute Gasteiger partial charge is 0.414 e. The number of benzene rings is 2. The molecule has 1 aromatic heterocycles. The summed E-state index contributed by atoms with van der Waals surface area (Å²) in [4.78, 5) is 18.2. The number of aryl methyl sites for hydroxylation is 2. The Morgan fingerprint density at radius 2 is 1.60 bits per heavy atom. The van der Waals surface area contributed by atoms with Crippen molar-refractivity contribution in [3.8, 4) is 17.2 Å². The van der Waals surface area contributed by atoms with E-state index in [1.807, 2.05) is 44.2 Å². The number of nitrogens with zero attached hydrogens (tertiary/aromatic N) is 1. The Bertz CT molecular complexity index is 1080. The van der Waals surface area contributed by atoms with E-state index in [1.165, 1.54) is 5.56 Å². The van der Waals surface area contributed by atoms with Gasteiger partial charge >= 0.3 is 11.9 Å². The Labute approximate surface area is 203 Å². The van der Waals surface area contributed by atoms with Crippen LogP contribution in [0.4, 0.5) is 0 Å². The SMILES string of the molecule is COc1ccc(CCNCc2ccc(OCc3c(C)noc3C)c(OC)c2)cc1.O=C(O)C(=O)O. The second kappa shape index (κ2) is 13.6. The quantitative estimate of drug-likeness (QED) is 0.288. The van der Waals surface area contributed by atoms with E-state index in [9.17, 15) is 0 Å². The van der Waals surface area contributed by atoms with Crippen LogP contribution in [-0.4, -0.2) is 48.1 Å². The van der Waals surface area contributed by atoms with Crippen LogP contribution < -0.4 is 19.5 Å². The third-order valence-corrected chi connectivity index (χ3v) is 5.04. The van der Waals surface area contributed by atoms with Crippen molar-refractivity contribution in [1.29, 1.82) is 0 Å². The zero-order valence-corrected chi connectivity index (χ0v) is 20.2. The van der Waals surface area contributed by atoms with Gasteiger partial charge in [-0.25, -0.2) is 9.59 Å². The monoisotopic (exact) mass is 486 g/mol. The molecular formula is C25H30N2O8. The van der Waals surface area contributed by atoms with Gasteiger partial charge in [0, 0.05) is 6.54 Å². The zero-order valence-electron chi connectivity index (χ0n) is 20.2. The van der Waals surface area contributed by atoms with Gasteiger partial charge in [0.05, 0.1) is 25.5 Å². The van der Waals surface area contributed by atoms with Crippen molar-refractivity contribution in [3.63, 3.8) is 0 Å². The van der Waals surface area contributed by atoms with Gasteiger partial charge in [0.25, 0.3) is 0 Å². The highest BCUT2D eigenvalue weighted by Gasteiger charge is 2.12. The lowest BCUT2D eigenvalue weighted by Crippen LogP contribution is -2.16. The molecule has 188 valence electrons. The number of carboxylic acid groups (broad SMARTS) is 2. The molecule has 0 fully saturated rings. The van der Waals surface area contributed by atoms with E-state index in [0.717, 1.165) is 47.8 Å². The number of aliphatic carboxylic acids is 2. The average Bonchev–Trinajstić information content (AvgIpc) is 3.18. The highest BCUT2D eigenvalue weighted by molar-refractivity contribution is 6.27. The molecule has 10 heteroatoms. The fraction of sp³-hybridized carbons (Fsp3) is 0.320. The van der Waals surface area contributed by atoms with Crippen LogP contribution in [-0.2, 0) is 29.2 Å². The Hall–Kier alpha value is -4.05. The molecule has 0 amide bonds.